The number of hydrogen-bond donors (Lipinski definition) is 4. The maximum Gasteiger partial charge on any atom is 0.410 e. The molecular formula is C36H54N6O10S2. The highest BCUT2D eigenvalue weighted by atomic mass is 32.2. The van der Waals surface area contributed by atoms with E-state index >= 15 is 0 Å². The Bertz CT molecular complexity index is 1680. The van der Waals surface area contributed by atoms with E-state index in [0.29, 0.717) is 55.2 Å². The highest BCUT2D eigenvalue weighted by Crippen LogP contribution is 2.30. The topological polar surface area (TPSA) is 214 Å². The number of amides is 4. The van der Waals surface area contributed by atoms with Crippen molar-refractivity contribution in [2.24, 2.45) is 17.8 Å². The highest BCUT2D eigenvalue weighted by Gasteiger charge is 2.31. The number of para-hydroxylation sites is 1. The van der Waals surface area contributed by atoms with Gasteiger partial charge in [0.2, 0.25) is 16.2 Å². The maximum atomic E-state index is 13.5. The van der Waals surface area contributed by atoms with Crippen molar-refractivity contribution in [2.75, 3.05) is 45.9 Å². The van der Waals surface area contributed by atoms with Crippen LogP contribution in [0.25, 0.3) is 10.2 Å². The Hall–Kier alpha value is -4.03. The quantitative estimate of drug-likeness (QED) is 0.179. The molecule has 54 heavy (non-hydrogen) atoms. The van der Waals surface area contributed by atoms with E-state index in [1.165, 1.54) is 4.90 Å². The Morgan fingerprint density at radius 2 is 1.54 bits per heavy atom. The first-order valence-electron chi connectivity index (χ1n) is 18.6. The third-order valence-corrected chi connectivity index (χ3v) is 12.6. The van der Waals surface area contributed by atoms with Gasteiger partial charge in [-0.3, -0.25) is 14.4 Å². The number of piperidine rings is 2. The molecule has 2 aliphatic rings. The number of nitrogens with one attached hydrogen (secondary N) is 3. The number of esters is 1. The van der Waals surface area contributed by atoms with E-state index in [1.54, 1.807) is 36.1 Å². The molecule has 18 heteroatoms. The van der Waals surface area contributed by atoms with Gasteiger partial charge in [-0.15, -0.1) is 11.3 Å². The van der Waals surface area contributed by atoms with Gasteiger partial charge in [0.1, 0.15) is 11.6 Å². The first-order chi connectivity index (χ1) is 25.5. The van der Waals surface area contributed by atoms with Crippen molar-refractivity contribution >= 4 is 61.5 Å². The minimum Gasteiger partial charge on any atom is -0.465 e. The molecular weight excluding hydrogens is 741 g/mol. The van der Waals surface area contributed by atoms with Crippen LogP contribution in [0.4, 0.5) is 9.59 Å². The van der Waals surface area contributed by atoms with Crippen LogP contribution in [0.2, 0.25) is 0 Å². The summed E-state index contributed by atoms with van der Waals surface area (Å²) in [5.74, 6) is -1.59. The third kappa shape index (κ3) is 13.1. The summed E-state index contributed by atoms with van der Waals surface area (Å²) >= 11 is 0.944. The van der Waals surface area contributed by atoms with Crippen LogP contribution in [0, 0.1) is 17.8 Å². The van der Waals surface area contributed by atoms with Crippen LogP contribution in [-0.2, 0) is 33.9 Å². The van der Waals surface area contributed by atoms with Gasteiger partial charge in [0.25, 0.3) is 10.0 Å². The number of nitrogens with zero attached hydrogens (tertiary/aromatic N) is 3. The smallest absolute Gasteiger partial charge is 0.410 e. The molecule has 2 fully saturated rings. The molecule has 16 nitrogen and oxygen atoms in total. The molecule has 4 amide bonds. The first kappa shape index (κ1) is 42.7. The monoisotopic (exact) mass is 794 g/mol. The molecule has 3 heterocycles. The van der Waals surface area contributed by atoms with Gasteiger partial charge in [-0.05, 0) is 103 Å². The number of benzene rings is 1. The summed E-state index contributed by atoms with van der Waals surface area (Å²) in [5.41, 5.74) is -0.0850. The van der Waals surface area contributed by atoms with Crippen LogP contribution < -0.4 is 15.4 Å². The lowest BCUT2D eigenvalue weighted by molar-refractivity contribution is -0.145. The molecule has 0 aliphatic carbocycles. The zero-order valence-corrected chi connectivity index (χ0v) is 33.1. The zero-order chi connectivity index (χ0) is 39.5. The van der Waals surface area contributed by atoms with E-state index in [1.807, 2.05) is 20.8 Å². The number of carboxylic acid groups (broad SMARTS) is 1. The van der Waals surface area contributed by atoms with E-state index in [0.717, 1.165) is 49.9 Å². The number of ether oxygens (including phenoxy) is 2. The van der Waals surface area contributed by atoms with E-state index in [2.05, 4.69) is 20.3 Å². The predicted octanol–water partition coefficient (Wildman–Crippen LogP) is 3.95. The van der Waals surface area contributed by atoms with Gasteiger partial charge < -0.3 is 35.0 Å². The number of aromatic nitrogens is 1. The predicted molar refractivity (Wildman–Crippen MR) is 201 cm³/mol. The normalized spacial score (nSPS) is 17.1. The highest BCUT2D eigenvalue weighted by molar-refractivity contribution is 7.91. The van der Waals surface area contributed by atoms with E-state index < -0.39 is 52.1 Å². The summed E-state index contributed by atoms with van der Waals surface area (Å²) < 4.78 is 39.6. The van der Waals surface area contributed by atoms with Gasteiger partial charge in [-0.2, -0.15) is 4.72 Å². The average Bonchev–Trinajstić information content (AvgIpc) is 3.58. The second-order valence-electron chi connectivity index (χ2n) is 14.9. The standard InChI is InChI=1S/C36H54N6O10S2/c1-5-51-32(45)28(40-54(49,50)33-39-27-8-6-7-9-29(27)53-33)22-37-30(43)23-38-31(44)26(12-10-24-14-18-41(19-15-24)34(46)47)13-11-25-16-20-42(21-17-25)35(48)52-36(2,3)4/h6-9,24-26,28,40H,5,10-23H2,1-4H3,(H,37,43)(H,38,44)(H,46,47). The molecule has 0 radical (unpaired) electrons. The zero-order valence-electron chi connectivity index (χ0n) is 31.5. The lowest BCUT2D eigenvalue weighted by Gasteiger charge is -2.34. The summed E-state index contributed by atoms with van der Waals surface area (Å²) in [5, 5.41) is 14.6. The average molecular weight is 795 g/mol. The number of fused-ring (bicyclic) bond motifs is 1. The summed E-state index contributed by atoms with van der Waals surface area (Å²) in [6.45, 7) is 8.31. The van der Waals surface area contributed by atoms with Crippen molar-refractivity contribution < 1.29 is 47.0 Å². The molecule has 4 rings (SSSR count). The van der Waals surface area contributed by atoms with Gasteiger partial charge in [-0.25, -0.2) is 23.0 Å². The minimum atomic E-state index is -4.24. The number of carbonyl (C=O) groups excluding carboxylic acids is 4. The van der Waals surface area contributed by atoms with E-state index in [4.69, 9.17) is 9.47 Å². The Kier molecular flexibility index (Phi) is 15.4. The number of carbonyl (C=O) groups is 5. The Labute approximate surface area is 320 Å². The van der Waals surface area contributed by atoms with Gasteiger partial charge >= 0.3 is 18.2 Å². The van der Waals surface area contributed by atoms with E-state index in [-0.39, 0.29) is 35.4 Å². The molecule has 2 unspecified atom stereocenters. The fourth-order valence-corrected chi connectivity index (χ4v) is 9.06. The summed E-state index contributed by atoms with van der Waals surface area (Å²) in [6.07, 6.45) is 4.41. The van der Waals surface area contributed by atoms with Crippen LogP contribution in [0.5, 0.6) is 0 Å². The van der Waals surface area contributed by atoms with Crippen molar-refractivity contribution in [3.8, 4) is 0 Å². The second kappa shape index (κ2) is 19.5. The van der Waals surface area contributed by atoms with Crippen molar-refractivity contribution in [1.29, 1.82) is 0 Å². The molecule has 1 aromatic heterocycles. The van der Waals surface area contributed by atoms with Crippen molar-refractivity contribution in [3.05, 3.63) is 24.3 Å². The molecule has 2 atom stereocenters. The largest absolute Gasteiger partial charge is 0.465 e. The molecule has 0 saturated carbocycles. The molecule has 300 valence electrons. The van der Waals surface area contributed by atoms with Gasteiger partial charge in [-0.1, -0.05) is 12.1 Å². The lowest BCUT2D eigenvalue weighted by atomic mass is 9.84. The number of sulfonamides is 1. The molecule has 2 aliphatic heterocycles. The number of rotatable bonds is 16. The summed E-state index contributed by atoms with van der Waals surface area (Å²) in [6, 6.07) is 5.46. The van der Waals surface area contributed by atoms with Crippen LogP contribution in [0.15, 0.2) is 28.6 Å². The molecule has 0 bridgehead atoms. The van der Waals surface area contributed by atoms with Crippen molar-refractivity contribution in [1.82, 2.24) is 30.1 Å². The third-order valence-electron chi connectivity index (χ3n) is 9.67. The van der Waals surface area contributed by atoms with Crippen molar-refractivity contribution in [2.45, 2.75) is 95.0 Å². The minimum absolute atomic E-state index is 0.00881. The Morgan fingerprint density at radius 1 is 0.944 bits per heavy atom. The van der Waals surface area contributed by atoms with Gasteiger partial charge in [0.15, 0.2) is 0 Å². The SMILES string of the molecule is CCOC(=O)C(CNC(=O)CNC(=O)C(CCC1CCN(C(=O)O)CC1)CCC1CCN(C(=O)OC(C)(C)C)CC1)NS(=O)(=O)c1nc2ccccc2s1. The van der Waals surface area contributed by atoms with Crippen LogP contribution in [0.1, 0.15) is 79.1 Å². The molecule has 0 spiro atoms. The molecule has 2 aromatic rings. The van der Waals surface area contributed by atoms with E-state index in [9.17, 15) is 37.5 Å². The first-order valence-corrected chi connectivity index (χ1v) is 20.9. The van der Waals surface area contributed by atoms with Gasteiger partial charge in [0, 0.05) is 38.6 Å². The van der Waals surface area contributed by atoms with Crippen LogP contribution in [-0.4, -0.2) is 116 Å². The summed E-state index contributed by atoms with van der Waals surface area (Å²) in [4.78, 5) is 70.3. The molecule has 1 aromatic carbocycles. The molecule has 4 N–H and O–H groups in total. The Morgan fingerprint density at radius 3 is 2.09 bits per heavy atom. The second-order valence-corrected chi connectivity index (χ2v) is 17.8. The van der Waals surface area contributed by atoms with Crippen molar-refractivity contribution in [3.63, 3.8) is 0 Å². The maximum absolute atomic E-state index is 13.5. The van der Waals surface area contributed by atoms with Crippen LogP contribution in [0.3, 0.4) is 0 Å². The number of thiazole rings is 1. The fraction of sp³-hybridized carbons (Fsp3) is 0.667. The van der Waals surface area contributed by atoms with Crippen LogP contribution >= 0.6 is 11.3 Å². The number of likely N-dealkylation sites (tertiary alicyclic amines) is 2. The summed E-state index contributed by atoms with van der Waals surface area (Å²) in [7, 11) is -4.24. The lowest BCUT2D eigenvalue weighted by Crippen LogP contribution is -2.50. The Balaban J connectivity index is 1.31. The van der Waals surface area contributed by atoms with Gasteiger partial charge in [0.05, 0.1) is 23.4 Å². The number of hydrogen-bond acceptors (Lipinski definition) is 11. The fourth-order valence-electron chi connectivity index (χ4n) is 6.63. The molecule has 2 saturated heterocycles.